The summed E-state index contributed by atoms with van der Waals surface area (Å²) in [4.78, 5) is 11.2. The fraction of sp³-hybridized carbons (Fsp3) is 0.357. The molecule has 1 aliphatic carbocycles. The summed E-state index contributed by atoms with van der Waals surface area (Å²) in [5, 5.41) is 0. The Hall–Kier alpha value is -1.37. The van der Waals surface area contributed by atoms with Crippen LogP contribution in [0.3, 0.4) is 0 Å². The minimum atomic E-state index is 0.143. The van der Waals surface area contributed by atoms with E-state index in [0.29, 0.717) is 0 Å². The van der Waals surface area contributed by atoms with Gasteiger partial charge in [-0.2, -0.15) is 0 Å². The Bertz CT molecular complexity index is 390. The van der Waals surface area contributed by atoms with Gasteiger partial charge in [-0.25, -0.2) is 0 Å². The van der Waals surface area contributed by atoms with Gasteiger partial charge >= 0.3 is 0 Å². The SMILES string of the molecule is CC(=O)/C(C)=C/C1=C(C)C=CC(C)=CC1. The molecule has 0 atom stereocenters. The first-order valence-electron chi connectivity index (χ1n) is 5.24. The highest BCUT2D eigenvalue weighted by Crippen LogP contribution is 2.19. The minimum Gasteiger partial charge on any atom is -0.295 e. The highest BCUT2D eigenvalue weighted by molar-refractivity contribution is 5.93. The standard InChI is InChI=1S/C14H18O/c1-10-5-7-11(2)14(8-6-10)9-12(3)13(4)15/h5-7,9H,8H2,1-4H3/b12-9+. The molecule has 0 saturated heterocycles. The summed E-state index contributed by atoms with van der Waals surface area (Å²) in [5.74, 6) is 0.143. The Kier molecular flexibility index (Phi) is 3.84. The summed E-state index contributed by atoms with van der Waals surface area (Å²) in [5.41, 5.74) is 4.57. The normalized spacial score (nSPS) is 17.6. The average Bonchev–Trinajstić information content (AvgIpc) is 2.32. The van der Waals surface area contributed by atoms with Crippen LogP contribution in [-0.2, 0) is 4.79 Å². The van der Waals surface area contributed by atoms with Crippen LogP contribution in [0.15, 0.2) is 46.6 Å². The van der Waals surface area contributed by atoms with Crippen molar-refractivity contribution in [3.05, 3.63) is 46.6 Å². The van der Waals surface area contributed by atoms with E-state index in [2.05, 4.69) is 32.1 Å². The number of allylic oxidation sites excluding steroid dienone is 8. The van der Waals surface area contributed by atoms with Crippen LogP contribution in [-0.4, -0.2) is 5.78 Å². The third kappa shape index (κ3) is 3.35. The van der Waals surface area contributed by atoms with Crippen molar-refractivity contribution in [2.45, 2.75) is 34.1 Å². The lowest BCUT2D eigenvalue weighted by Gasteiger charge is -2.02. The molecule has 15 heavy (non-hydrogen) atoms. The van der Waals surface area contributed by atoms with E-state index in [4.69, 9.17) is 0 Å². The van der Waals surface area contributed by atoms with Crippen molar-refractivity contribution in [2.75, 3.05) is 0 Å². The molecule has 0 unspecified atom stereocenters. The quantitative estimate of drug-likeness (QED) is 0.623. The van der Waals surface area contributed by atoms with E-state index in [1.54, 1.807) is 6.92 Å². The lowest BCUT2D eigenvalue weighted by Crippen LogP contribution is -1.93. The molecule has 1 nitrogen and oxygen atoms in total. The first-order chi connectivity index (χ1) is 7.00. The second-order valence-electron chi connectivity index (χ2n) is 4.08. The summed E-state index contributed by atoms with van der Waals surface area (Å²) in [6, 6.07) is 0. The van der Waals surface area contributed by atoms with Gasteiger partial charge < -0.3 is 0 Å². The van der Waals surface area contributed by atoms with Gasteiger partial charge in [-0.15, -0.1) is 0 Å². The Labute approximate surface area is 91.9 Å². The molecule has 0 heterocycles. The molecular formula is C14H18O. The number of hydrogen-bond acceptors (Lipinski definition) is 1. The molecule has 0 aromatic rings. The minimum absolute atomic E-state index is 0.143. The third-order valence-corrected chi connectivity index (χ3v) is 2.69. The zero-order valence-corrected chi connectivity index (χ0v) is 9.92. The lowest BCUT2D eigenvalue weighted by molar-refractivity contribution is -0.113. The van der Waals surface area contributed by atoms with Gasteiger partial charge in [0.15, 0.2) is 5.78 Å². The van der Waals surface area contributed by atoms with Crippen LogP contribution in [0.25, 0.3) is 0 Å². The summed E-state index contributed by atoms with van der Waals surface area (Å²) in [6.07, 6.45) is 9.32. The van der Waals surface area contributed by atoms with E-state index in [1.165, 1.54) is 16.7 Å². The first-order valence-corrected chi connectivity index (χ1v) is 5.24. The van der Waals surface area contributed by atoms with Gasteiger partial charge in [0.1, 0.15) is 0 Å². The topological polar surface area (TPSA) is 17.1 Å². The number of ketones is 1. The molecule has 0 radical (unpaired) electrons. The molecule has 0 aliphatic heterocycles. The van der Waals surface area contributed by atoms with Crippen molar-refractivity contribution in [3.8, 4) is 0 Å². The summed E-state index contributed by atoms with van der Waals surface area (Å²) < 4.78 is 0. The number of rotatable bonds is 2. The Morgan fingerprint density at radius 3 is 2.53 bits per heavy atom. The van der Waals surface area contributed by atoms with Crippen LogP contribution >= 0.6 is 0 Å². The van der Waals surface area contributed by atoms with Crippen LogP contribution in [0.5, 0.6) is 0 Å². The van der Waals surface area contributed by atoms with Crippen LogP contribution in [0.1, 0.15) is 34.1 Å². The molecule has 0 aromatic heterocycles. The number of carbonyl (C=O) groups excluding carboxylic acids is 1. The molecule has 0 amide bonds. The van der Waals surface area contributed by atoms with Gasteiger partial charge in [-0.3, -0.25) is 4.79 Å². The molecule has 0 bridgehead atoms. The molecule has 0 saturated carbocycles. The molecule has 1 rings (SSSR count). The fourth-order valence-electron chi connectivity index (χ4n) is 1.40. The number of hydrogen-bond donors (Lipinski definition) is 0. The second kappa shape index (κ2) is 4.92. The van der Waals surface area contributed by atoms with Gasteiger partial charge in [-0.05, 0) is 50.8 Å². The smallest absolute Gasteiger partial charge is 0.155 e. The Balaban J connectivity index is 3.01. The van der Waals surface area contributed by atoms with Gasteiger partial charge in [0, 0.05) is 0 Å². The summed E-state index contributed by atoms with van der Waals surface area (Å²) >= 11 is 0. The maximum atomic E-state index is 11.2. The van der Waals surface area contributed by atoms with Crippen LogP contribution < -0.4 is 0 Å². The highest BCUT2D eigenvalue weighted by atomic mass is 16.1. The molecule has 1 aliphatic rings. The van der Waals surface area contributed by atoms with Gasteiger partial charge in [0.25, 0.3) is 0 Å². The van der Waals surface area contributed by atoms with Gasteiger partial charge in [0.05, 0.1) is 0 Å². The monoisotopic (exact) mass is 202 g/mol. The van der Waals surface area contributed by atoms with Crippen molar-refractivity contribution in [2.24, 2.45) is 0 Å². The maximum Gasteiger partial charge on any atom is 0.155 e. The molecule has 0 aromatic carbocycles. The van der Waals surface area contributed by atoms with Crippen molar-refractivity contribution < 1.29 is 4.79 Å². The largest absolute Gasteiger partial charge is 0.295 e. The zero-order chi connectivity index (χ0) is 11.4. The highest BCUT2D eigenvalue weighted by Gasteiger charge is 2.03. The third-order valence-electron chi connectivity index (χ3n) is 2.69. The second-order valence-corrected chi connectivity index (χ2v) is 4.08. The first kappa shape index (κ1) is 11.7. The molecular weight excluding hydrogens is 184 g/mol. The van der Waals surface area contributed by atoms with Crippen molar-refractivity contribution in [3.63, 3.8) is 0 Å². The van der Waals surface area contributed by atoms with Crippen molar-refractivity contribution in [1.29, 1.82) is 0 Å². The zero-order valence-electron chi connectivity index (χ0n) is 9.92. The average molecular weight is 202 g/mol. The van der Waals surface area contributed by atoms with E-state index >= 15 is 0 Å². The van der Waals surface area contributed by atoms with E-state index in [0.717, 1.165) is 12.0 Å². The molecule has 1 heteroatoms. The fourth-order valence-corrected chi connectivity index (χ4v) is 1.40. The van der Waals surface area contributed by atoms with E-state index in [9.17, 15) is 4.79 Å². The number of carbonyl (C=O) groups is 1. The maximum absolute atomic E-state index is 11.2. The van der Waals surface area contributed by atoms with Crippen molar-refractivity contribution in [1.82, 2.24) is 0 Å². The van der Waals surface area contributed by atoms with Gasteiger partial charge in [-0.1, -0.05) is 29.9 Å². The molecule has 0 spiro atoms. The number of Topliss-reactive ketones (excluding diaryl/α,β-unsaturated/α-hetero) is 1. The Morgan fingerprint density at radius 1 is 1.27 bits per heavy atom. The molecule has 80 valence electrons. The van der Waals surface area contributed by atoms with E-state index in [-0.39, 0.29) is 5.78 Å². The van der Waals surface area contributed by atoms with Crippen LogP contribution in [0.4, 0.5) is 0 Å². The Morgan fingerprint density at radius 2 is 1.93 bits per heavy atom. The lowest BCUT2D eigenvalue weighted by atomic mass is 10.0. The predicted molar refractivity (Wildman–Crippen MR) is 64.7 cm³/mol. The van der Waals surface area contributed by atoms with Crippen molar-refractivity contribution >= 4 is 5.78 Å². The van der Waals surface area contributed by atoms with Gasteiger partial charge in [0.2, 0.25) is 0 Å². The molecule has 0 fully saturated rings. The predicted octanol–water partition coefficient (Wildman–Crippen LogP) is 3.74. The van der Waals surface area contributed by atoms with E-state index in [1.807, 2.05) is 13.0 Å². The summed E-state index contributed by atoms with van der Waals surface area (Å²) in [7, 11) is 0. The van der Waals surface area contributed by atoms with Crippen LogP contribution in [0, 0.1) is 0 Å². The van der Waals surface area contributed by atoms with Crippen LogP contribution in [0.2, 0.25) is 0 Å². The van der Waals surface area contributed by atoms with E-state index < -0.39 is 0 Å². The summed E-state index contributed by atoms with van der Waals surface area (Å²) in [6.45, 7) is 7.65. The molecule has 0 N–H and O–H groups in total.